The number of amides is 1. The molecule has 1 N–H and O–H groups in total. The van der Waals surface area contributed by atoms with E-state index in [2.05, 4.69) is 14.7 Å². The normalized spacial score (nSPS) is 11.1. The Kier molecular flexibility index (Phi) is 5.83. The van der Waals surface area contributed by atoms with Gasteiger partial charge in [0, 0.05) is 35.3 Å². The molecule has 0 saturated carbocycles. The molecule has 0 saturated heterocycles. The molecule has 0 radical (unpaired) electrons. The number of nitro benzene ring substituents is 1. The van der Waals surface area contributed by atoms with Gasteiger partial charge in [0.25, 0.3) is 11.6 Å². The van der Waals surface area contributed by atoms with E-state index in [4.69, 9.17) is 4.42 Å². The SMILES string of the molecule is CSc1nsc(NC(=O)/C(C#N)=C\c2ccc(-c3cccc([N+](=O)[O-])c3)o2)n1. The Labute approximate surface area is 167 Å². The number of nitrogens with one attached hydrogen (secondary N) is 1. The lowest BCUT2D eigenvalue weighted by atomic mass is 10.1. The molecule has 9 nitrogen and oxygen atoms in total. The van der Waals surface area contributed by atoms with Crippen molar-refractivity contribution >= 4 is 46.1 Å². The van der Waals surface area contributed by atoms with Crippen LogP contribution in [0.25, 0.3) is 17.4 Å². The molecule has 0 fully saturated rings. The summed E-state index contributed by atoms with van der Waals surface area (Å²) in [5.74, 6) is -0.00346. The van der Waals surface area contributed by atoms with E-state index in [0.29, 0.717) is 16.5 Å². The molecule has 3 aromatic rings. The van der Waals surface area contributed by atoms with E-state index in [-0.39, 0.29) is 22.2 Å². The number of nitrogens with zero attached hydrogens (tertiary/aromatic N) is 4. The van der Waals surface area contributed by atoms with Crippen molar-refractivity contribution in [2.24, 2.45) is 0 Å². The van der Waals surface area contributed by atoms with E-state index in [1.807, 2.05) is 12.3 Å². The van der Waals surface area contributed by atoms with Gasteiger partial charge in [-0.15, -0.1) is 0 Å². The Balaban J connectivity index is 1.80. The minimum absolute atomic E-state index is 0.0650. The highest BCUT2D eigenvalue weighted by Crippen LogP contribution is 2.26. The van der Waals surface area contributed by atoms with Crippen molar-refractivity contribution < 1.29 is 14.1 Å². The molecule has 3 rings (SSSR count). The number of rotatable bonds is 6. The molecule has 0 bridgehead atoms. The van der Waals surface area contributed by atoms with Crippen molar-refractivity contribution in [2.75, 3.05) is 11.6 Å². The second-order valence-electron chi connectivity index (χ2n) is 5.22. The van der Waals surface area contributed by atoms with Crippen molar-refractivity contribution in [3.8, 4) is 17.4 Å². The lowest BCUT2D eigenvalue weighted by molar-refractivity contribution is -0.384. The predicted octanol–water partition coefficient (Wildman–Crippen LogP) is 3.97. The Morgan fingerprint density at radius 2 is 2.25 bits per heavy atom. The minimum Gasteiger partial charge on any atom is -0.457 e. The van der Waals surface area contributed by atoms with Crippen molar-refractivity contribution in [1.82, 2.24) is 9.36 Å². The molecule has 140 valence electrons. The molecule has 0 aliphatic heterocycles. The van der Waals surface area contributed by atoms with E-state index in [1.54, 1.807) is 24.3 Å². The third-order valence-electron chi connectivity index (χ3n) is 3.43. The molecule has 2 heterocycles. The second-order valence-corrected chi connectivity index (χ2v) is 6.74. The van der Waals surface area contributed by atoms with Gasteiger partial charge in [0.1, 0.15) is 23.2 Å². The highest BCUT2D eigenvalue weighted by molar-refractivity contribution is 7.98. The first-order valence-corrected chi connectivity index (χ1v) is 9.65. The molecule has 28 heavy (non-hydrogen) atoms. The lowest BCUT2D eigenvalue weighted by Crippen LogP contribution is -2.13. The van der Waals surface area contributed by atoms with Crippen LogP contribution in [0.3, 0.4) is 0 Å². The fourth-order valence-corrected chi connectivity index (χ4v) is 3.28. The number of aromatic nitrogens is 2. The minimum atomic E-state index is -0.639. The first-order valence-electron chi connectivity index (χ1n) is 7.65. The third-order valence-corrected chi connectivity index (χ3v) is 4.72. The summed E-state index contributed by atoms with van der Waals surface area (Å²) in [6.45, 7) is 0. The first kappa shape index (κ1) is 19.3. The van der Waals surface area contributed by atoms with Crippen LogP contribution in [0.1, 0.15) is 5.76 Å². The van der Waals surface area contributed by atoms with Gasteiger partial charge >= 0.3 is 0 Å². The van der Waals surface area contributed by atoms with Crippen molar-refractivity contribution in [2.45, 2.75) is 5.16 Å². The molecule has 2 aromatic heterocycles. The van der Waals surface area contributed by atoms with Crippen LogP contribution in [0.4, 0.5) is 10.8 Å². The molecule has 0 spiro atoms. The summed E-state index contributed by atoms with van der Waals surface area (Å²) >= 11 is 2.35. The quantitative estimate of drug-likeness (QED) is 0.211. The fourth-order valence-electron chi connectivity index (χ4n) is 2.16. The summed E-state index contributed by atoms with van der Waals surface area (Å²) < 4.78 is 9.62. The van der Waals surface area contributed by atoms with Gasteiger partial charge in [0.15, 0.2) is 0 Å². The van der Waals surface area contributed by atoms with Gasteiger partial charge in [-0.05, 0) is 18.4 Å². The number of benzene rings is 1. The molecule has 0 aliphatic carbocycles. The number of nitriles is 1. The Hall–Kier alpha value is -3.49. The van der Waals surface area contributed by atoms with Crippen LogP contribution in [0, 0.1) is 21.4 Å². The van der Waals surface area contributed by atoms with E-state index in [0.717, 1.165) is 11.5 Å². The second kappa shape index (κ2) is 8.47. The number of hydrogen-bond acceptors (Lipinski definition) is 9. The highest BCUT2D eigenvalue weighted by atomic mass is 32.2. The van der Waals surface area contributed by atoms with Crippen LogP contribution in [0.15, 0.2) is 51.5 Å². The van der Waals surface area contributed by atoms with Crippen LogP contribution in [-0.2, 0) is 4.79 Å². The Morgan fingerprint density at radius 3 is 2.93 bits per heavy atom. The maximum absolute atomic E-state index is 12.3. The summed E-state index contributed by atoms with van der Waals surface area (Å²) in [4.78, 5) is 26.7. The molecular weight excluding hydrogens is 402 g/mol. The number of carbonyl (C=O) groups is 1. The average molecular weight is 413 g/mol. The number of furan rings is 1. The van der Waals surface area contributed by atoms with E-state index in [9.17, 15) is 20.2 Å². The zero-order valence-corrected chi connectivity index (χ0v) is 15.9. The van der Waals surface area contributed by atoms with E-state index in [1.165, 1.54) is 30.0 Å². The van der Waals surface area contributed by atoms with Gasteiger partial charge in [-0.3, -0.25) is 20.2 Å². The monoisotopic (exact) mass is 413 g/mol. The fraction of sp³-hybridized carbons (Fsp3) is 0.0588. The average Bonchev–Trinajstić information content (AvgIpc) is 3.35. The summed E-state index contributed by atoms with van der Waals surface area (Å²) in [6, 6.07) is 10.9. The van der Waals surface area contributed by atoms with Gasteiger partial charge in [-0.1, -0.05) is 23.9 Å². The van der Waals surface area contributed by atoms with Crippen molar-refractivity contribution in [3.05, 3.63) is 57.8 Å². The van der Waals surface area contributed by atoms with E-state index < -0.39 is 10.8 Å². The smallest absolute Gasteiger partial charge is 0.270 e. The van der Waals surface area contributed by atoms with Gasteiger partial charge in [0.05, 0.1) is 4.92 Å². The number of non-ortho nitro benzene ring substituents is 1. The lowest BCUT2D eigenvalue weighted by Gasteiger charge is -1.99. The molecule has 11 heteroatoms. The van der Waals surface area contributed by atoms with Gasteiger partial charge in [0.2, 0.25) is 10.3 Å². The summed E-state index contributed by atoms with van der Waals surface area (Å²) in [5, 5.41) is 23.5. The predicted molar refractivity (Wildman–Crippen MR) is 105 cm³/mol. The van der Waals surface area contributed by atoms with E-state index >= 15 is 0 Å². The van der Waals surface area contributed by atoms with Crippen molar-refractivity contribution in [1.29, 1.82) is 5.26 Å². The largest absolute Gasteiger partial charge is 0.457 e. The Bertz CT molecular complexity index is 1110. The molecule has 0 atom stereocenters. The molecular formula is C17H11N5O4S2. The summed E-state index contributed by atoms with van der Waals surface area (Å²) in [7, 11) is 0. The Morgan fingerprint density at radius 1 is 1.43 bits per heavy atom. The third kappa shape index (κ3) is 4.43. The number of hydrogen-bond donors (Lipinski definition) is 1. The van der Waals surface area contributed by atoms with Crippen LogP contribution in [-0.4, -0.2) is 26.4 Å². The van der Waals surface area contributed by atoms with Crippen molar-refractivity contribution in [3.63, 3.8) is 0 Å². The van der Waals surface area contributed by atoms with Gasteiger partial charge in [-0.2, -0.15) is 14.6 Å². The zero-order chi connectivity index (χ0) is 20.1. The summed E-state index contributed by atoms with van der Waals surface area (Å²) in [5.41, 5.74) is 0.265. The van der Waals surface area contributed by atoms with Crippen LogP contribution in [0.5, 0.6) is 0 Å². The number of nitro groups is 1. The molecule has 1 aromatic carbocycles. The van der Waals surface area contributed by atoms with Crippen LogP contribution in [0.2, 0.25) is 0 Å². The van der Waals surface area contributed by atoms with Crippen LogP contribution >= 0.6 is 23.3 Å². The zero-order valence-electron chi connectivity index (χ0n) is 14.3. The number of thioether (sulfide) groups is 1. The standard InChI is InChI=1S/C17H11N5O4S2/c1-27-17-20-16(28-21-17)19-15(23)11(9-18)8-13-5-6-14(26-13)10-3-2-4-12(7-10)22(24)25/h2-8H,1H3,(H,19,20,21,23)/b11-8-. The van der Waals surface area contributed by atoms with Crippen LogP contribution < -0.4 is 5.32 Å². The highest BCUT2D eigenvalue weighted by Gasteiger charge is 2.14. The first-order chi connectivity index (χ1) is 13.5. The van der Waals surface area contributed by atoms with Gasteiger partial charge < -0.3 is 4.42 Å². The van der Waals surface area contributed by atoms with Gasteiger partial charge in [-0.25, -0.2) is 0 Å². The number of carbonyl (C=O) groups excluding carboxylic acids is 1. The molecule has 0 unspecified atom stereocenters. The summed E-state index contributed by atoms with van der Waals surface area (Å²) in [6.07, 6.45) is 3.09. The topological polar surface area (TPSA) is 135 Å². The molecule has 0 aliphatic rings. The maximum Gasteiger partial charge on any atom is 0.270 e. The molecule has 1 amide bonds. The number of anilines is 1. The maximum atomic E-state index is 12.3.